The zero-order valence-corrected chi connectivity index (χ0v) is 11.0. The van der Waals surface area contributed by atoms with Crippen LogP contribution in [0.5, 0.6) is 0 Å². The van der Waals surface area contributed by atoms with Crippen LogP contribution in [0.3, 0.4) is 0 Å². The lowest BCUT2D eigenvalue weighted by molar-refractivity contribution is -0.136. The van der Waals surface area contributed by atoms with Crippen LogP contribution in [0, 0.1) is 0 Å². The van der Waals surface area contributed by atoms with E-state index in [-0.39, 0.29) is 5.39 Å². The van der Waals surface area contributed by atoms with E-state index in [1.165, 1.54) is 6.07 Å². The molecule has 0 bridgehead atoms. The van der Waals surface area contributed by atoms with Crippen LogP contribution in [0.2, 0.25) is 0 Å². The number of pyridine rings is 1. The fourth-order valence-corrected chi connectivity index (χ4v) is 2.62. The summed E-state index contributed by atoms with van der Waals surface area (Å²) in [7, 11) is 1.75. The van der Waals surface area contributed by atoms with Crippen molar-refractivity contribution < 1.29 is 13.2 Å². The maximum absolute atomic E-state index is 13.0. The van der Waals surface area contributed by atoms with E-state index in [9.17, 15) is 13.2 Å². The Labute approximate surface area is 114 Å². The predicted molar refractivity (Wildman–Crippen MR) is 70.8 cm³/mol. The lowest BCUT2D eigenvalue weighted by atomic mass is 10.1. The molecule has 1 saturated heterocycles. The van der Waals surface area contributed by atoms with Crippen molar-refractivity contribution in [3.05, 3.63) is 24.0 Å². The van der Waals surface area contributed by atoms with Gasteiger partial charge in [0.2, 0.25) is 0 Å². The highest BCUT2D eigenvalue weighted by atomic mass is 19.4. The monoisotopic (exact) mass is 284 g/mol. The Kier molecular flexibility index (Phi) is 3.08. The molecule has 1 aliphatic rings. The van der Waals surface area contributed by atoms with Crippen LogP contribution < -0.4 is 10.2 Å². The number of nitrogens with zero attached hydrogens (tertiary/aromatic N) is 3. The summed E-state index contributed by atoms with van der Waals surface area (Å²) < 4.78 is 40.8. The highest BCUT2D eigenvalue weighted by molar-refractivity contribution is 5.92. The molecule has 0 aromatic carbocycles. The highest BCUT2D eigenvalue weighted by Gasteiger charge is 2.34. The van der Waals surface area contributed by atoms with Crippen LogP contribution in [0.15, 0.2) is 18.5 Å². The maximum atomic E-state index is 13.0. The third-order valence-electron chi connectivity index (χ3n) is 3.61. The quantitative estimate of drug-likeness (QED) is 0.869. The Bertz CT molecular complexity index is 626. The second-order valence-corrected chi connectivity index (χ2v) is 4.92. The van der Waals surface area contributed by atoms with Gasteiger partial charge in [-0.05, 0) is 6.07 Å². The van der Waals surface area contributed by atoms with Gasteiger partial charge in [-0.3, -0.25) is 0 Å². The van der Waals surface area contributed by atoms with E-state index in [1.807, 2.05) is 4.90 Å². The van der Waals surface area contributed by atoms with Gasteiger partial charge >= 0.3 is 6.18 Å². The fourth-order valence-electron chi connectivity index (χ4n) is 2.62. The molecule has 0 amide bonds. The van der Waals surface area contributed by atoms with Gasteiger partial charge in [-0.2, -0.15) is 13.2 Å². The average molecular weight is 284 g/mol. The molecule has 0 spiro atoms. The number of nitrogens with one attached hydrogen (secondary N) is 1. The van der Waals surface area contributed by atoms with Crippen LogP contribution >= 0.6 is 0 Å². The number of hydrogen-bond donors (Lipinski definition) is 1. The van der Waals surface area contributed by atoms with Gasteiger partial charge in [0.25, 0.3) is 0 Å². The summed E-state index contributed by atoms with van der Waals surface area (Å²) in [6, 6.07) is 1.51. The van der Waals surface area contributed by atoms with Crippen LogP contribution in [0.4, 0.5) is 19.0 Å². The number of anilines is 1. The Hall–Kier alpha value is -1.76. The van der Waals surface area contributed by atoms with E-state index in [0.717, 1.165) is 32.4 Å². The molecule has 3 heterocycles. The topological polar surface area (TPSA) is 33.1 Å². The van der Waals surface area contributed by atoms with Crippen molar-refractivity contribution in [2.45, 2.75) is 6.18 Å². The van der Waals surface area contributed by atoms with E-state index in [1.54, 1.807) is 17.8 Å². The molecule has 0 aliphatic carbocycles. The summed E-state index contributed by atoms with van der Waals surface area (Å²) >= 11 is 0. The molecule has 20 heavy (non-hydrogen) atoms. The second kappa shape index (κ2) is 4.66. The van der Waals surface area contributed by atoms with Crippen molar-refractivity contribution in [2.24, 2.45) is 7.05 Å². The number of piperazine rings is 1. The minimum Gasteiger partial charge on any atom is -0.352 e. The van der Waals surface area contributed by atoms with E-state index in [2.05, 4.69) is 10.3 Å². The molecule has 3 rings (SSSR count). The first-order chi connectivity index (χ1) is 9.48. The molecule has 1 aliphatic heterocycles. The summed E-state index contributed by atoms with van der Waals surface area (Å²) in [5, 5.41) is 3.43. The first kappa shape index (κ1) is 13.2. The molecular weight excluding hydrogens is 269 g/mol. The van der Waals surface area contributed by atoms with E-state index < -0.39 is 11.7 Å². The number of aromatic nitrogens is 2. The number of hydrogen-bond acceptors (Lipinski definition) is 3. The second-order valence-electron chi connectivity index (χ2n) is 4.92. The molecule has 108 valence electrons. The van der Waals surface area contributed by atoms with E-state index >= 15 is 0 Å². The summed E-state index contributed by atoms with van der Waals surface area (Å²) in [6.07, 6.45) is -1.79. The molecule has 0 unspecified atom stereocenters. The molecular formula is C13H15F3N4. The summed E-state index contributed by atoms with van der Waals surface area (Å²) in [5.74, 6) is 0.627. The van der Waals surface area contributed by atoms with Crippen molar-refractivity contribution in [2.75, 3.05) is 31.1 Å². The van der Waals surface area contributed by atoms with E-state index in [4.69, 9.17) is 0 Å². The minimum absolute atomic E-state index is 0.212. The van der Waals surface area contributed by atoms with Gasteiger partial charge in [-0.25, -0.2) is 4.98 Å². The van der Waals surface area contributed by atoms with Gasteiger partial charge in [0.15, 0.2) is 5.82 Å². The van der Waals surface area contributed by atoms with Crippen molar-refractivity contribution in [1.82, 2.24) is 14.9 Å². The summed E-state index contributed by atoms with van der Waals surface area (Å²) in [5.41, 5.74) is -0.131. The first-order valence-electron chi connectivity index (χ1n) is 6.45. The van der Waals surface area contributed by atoms with Crippen LogP contribution in [-0.2, 0) is 13.2 Å². The van der Waals surface area contributed by atoms with Gasteiger partial charge in [0.1, 0.15) is 0 Å². The molecule has 1 fully saturated rings. The number of aryl methyl sites for hydroxylation is 1. The third-order valence-corrected chi connectivity index (χ3v) is 3.61. The van der Waals surface area contributed by atoms with Crippen molar-refractivity contribution in [3.63, 3.8) is 0 Å². The lowest BCUT2D eigenvalue weighted by Gasteiger charge is -2.29. The van der Waals surface area contributed by atoms with Gasteiger partial charge < -0.3 is 14.8 Å². The zero-order valence-electron chi connectivity index (χ0n) is 11.0. The van der Waals surface area contributed by atoms with Gasteiger partial charge in [0.05, 0.1) is 11.1 Å². The largest absolute Gasteiger partial charge is 0.418 e. The van der Waals surface area contributed by atoms with Crippen LogP contribution in [0.1, 0.15) is 5.56 Å². The number of halogens is 3. The minimum atomic E-state index is -4.38. The maximum Gasteiger partial charge on any atom is 0.418 e. The molecule has 1 N–H and O–H groups in total. The molecule has 0 radical (unpaired) electrons. The molecule has 7 heteroatoms. The Morgan fingerprint density at radius 2 is 1.95 bits per heavy atom. The van der Waals surface area contributed by atoms with Crippen molar-refractivity contribution in [3.8, 4) is 0 Å². The highest BCUT2D eigenvalue weighted by Crippen LogP contribution is 2.37. The Balaban J connectivity index is 2.17. The number of fused-ring (bicyclic) bond motifs is 1. The molecule has 2 aromatic heterocycles. The molecule has 0 atom stereocenters. The van der Waals surface area contributed by atoms with Crippen molar-refractivity contribution >= 4 is 16.7 Å². The van der Waals surface area contributed by atoms with Crippen LogP contribution in [-0.4, -0.2) is 35.7 Å². The SMILES string of the molecule is Cn1ccc2c(C(F)(F)F)cnc(N3CCNCC3)c21. The van der Waals surface area contributed by atoms with Crippen molar-refractivity contribution in [1.29, 1.82) is 0 Å². The number of alkyl halides is 3. The standard InChI is InChI=1S/C13H15F3N4/c1-19-5-2-9-10(13(14,15)16)8-18-12(11(9)19)20-6-3-17-4-7-20/h2,5,8,17H,3-4,6-7H2,1H3. The predicted octanol–water partition coefficient (Wildman–Crippen LogP) is 2.00. The van der Waals surface area contributed by atoms with Crippen LogP contribution in [0.25, 0.3) is 10.9 Å². The Morgan fingerprint density at radius 3 is 2.60 bits per heavy atom. The van der Waals surface area contributed by atoms with Gasteiger partial charge in [0, 0.05) is 51.0 Å². The smallest absolute Gasteiger partial charge is 0.352 e. The number of rotatable bonds is 1. The first-order valence-corrected chi connectivity index (χ1v) is 6.45. The van der Waals surface area contributed by atoms with Gasteiger partial charge in [-0.1, -0.05) is 0 Å². The Morgan fingerprint density at radius 1 is 1.25 bits per heavy atom. The molecule has 0 saturated carbocycles. The normalized spacial score (nSPS) is 16.9. The van der Waals surface area contributed by atoms with E-state index in [0.29, 0.717) is 11.3 Å². The summed E-state index contributed by atoms with van der Waals surface area (Å²) in [4.78, 5) is 6.11. The van der Waals surface area contributed by atoms with Gasteiger partial charge in [-0.15, -0.1) is 0 Å². The average Bonchev–Trinajstić information content (AvgIpc) is 2.80. The fraction of sp³-hybridized carbons (Fsp3) is 0.462. The zero-order chi connectivity index (χ0) is 14.3. The summed E-state index contributed by atoms with van der Waals surface area (Å²) in [6.45, 7) is 3.13. The molecule has 4 nitrogen and oxygen atoms in total. The molecule has 2 aromatic rings. The third kappa shape index (κ3) is 2.11. The lowest BCUT2D eigenvalue weighted by Crippen LogP contribution is -2.44.